The summed E-state index contributed by atoms with van der Waals surface area (Å²) in [5.74, 6) is 0. The van der Waals surface area contributed by atoms with Gasteiger partial charge in [0.05, 0.1) is 27.8 Å². The third kappa shape index (κ3) is 3.07. The summed E-state index contributed by atoms with van der Waals surface area (Å²) in [6.07, 6.45) is 0. The largest absolute Gasteiger partial charge is 0.456 e. The zero-order valence-corrected chi connectivity index (χ0v) is 24.6. The number of fused-ring (bicyclic) bond motifs is 12. The summed E-state index contributed by atoms with van der Waals surface area (Å²) >= 11 is 0. The summed E-state index contributed by atoms with van der Waals surface area (Å²) in [4.78, 5) is 0. The Morgan fingerprint density at radius 2 is 0.804 bits per heavy atom. The van der Waals surface area contributed by atoms with Crippen molar-refractivity contribution >= 4 is 87.5 Å². The monoisotopic (exact) mass is 588 g/mol. The third-order valence-electron chi connectivity index (χ3n) is 9.71. The second-order valence-electron chi connectivity index (χ2n) is 12.1. The van der Waals surface area contributed by atoms with Gasteiger partial charge in [0.1, 0.15) is 16.7 Å². The Morgan fingerprint density at radius 3 is 1.41 bits per heavy atom. The molecule has 0 fully saturated rings. The van der Waals surface area contributed by atoms with Crippen LogP contribution in [0.2, 0.25) is 0 Å². The van der Waals surface area contributed by atoms with Crippen LogP contribution in [-0.4, -0.2) is 9.13 Å². The maximum atomic E-state index is 6.78. The lowest BCUT2D eigenvalue weighted by Gasteiger charge is -2.08. The van der Waals surface area contributed by atoms with Crippen molar-refractivity contribution in [1.82, 2.24) is 9.13 Å². The first-order valence-corrected chi connectivity index (χ1v) is 15.6. The second kappa shape index (κ2) is 8.68. The zero-order valence-electron chi connectivity index (χ0n) is 24.6. The van der Waals surface area contributed by atoms with Crippen molar-refractivity contribution in [3.8, 4) is 11.4 Å². The van der Waals surface area contributed by atoms with Crippen LogP contribution in [0, 0.1) is 0 Å². The number of hydrogen-bond acceptors (Lipinski definition) is 2. The molecule has 0 N–H and O–H groups in total. The molecular formula is C42H24N2O2. The van der Waals surface area contributed by atoms with Crippen molar-refractivity contribution in [2.24, 2.45) is 0 Å². The van der Waals surface area contributed by atoms with Gasteiger partial charge in [0.15, 0.2) is 5.58 Å². The Hall–Kier alpha value is -6.26. The number of aromatic nitrogens is 2. The lowest BCUT2D eigenvalue weighted by molar-refractivity contribution is 0.662. The quantitative estimate of drug-likeness (QED) is 0.201. The molecule has 0 bridgehead atoms. The van der Waals surface area contributed by atoms with Crippen molar-refractivity contribution in [2.45, 2.75) is 0 Å². The SMILES string of the molecule is c1cc(-n2c3ccccc3c3ccccc32)c2oc3cc4c(cc3c2c1)oc1ccc(-n2c3ccccc3c3ccccc32)cc14. The summed E-state index contributed by atoms with van der Waals surface area (Å²) in [6, 6.07) is 51.6. The van der Waals surface area contributed by atoms with E-state index < -0.39 is 0 Å². The average molecular weight is 589 g/mol. The van der Waals surface area contributed by atoms with E-state index in [1.54, 1.807) is 0 Å². The van der Waals surface area contributed by atoms with E-state index in [9.17, 15) is 0 Å². The first-order chi connectivity index (χ1) is 22.8. The van der Waals surface area contributed by atoms with Gasteiger partial charge in [0.25, 0.3) is 0 Å². The highest BCUT2D eigenvalue weighted by Gasteiger charge is 2.20. The Morgan fingerprint density at radius 1 is 0.326 bits per heavy atom. The van der Waals surface area contributed by atoms with Gasteiger partial charge in [-0.2, -0.15) is 0 Å². The number of benzene rings is 7. The molecule has 11 aromatic rings. The van der Waals surface area contributed by atoms with E-state index in [4.69, 9.17) is 8.83 Å². The molecule has 0 atom stereocenters. The second-order valence-corrected chi connectivity index (χ2v) is 12.1. The maximum Gasteiger partial charge on any atom is 0.159 e. The highest BCUT2D eigenvalue weighted by molar-refractivity contribution is 6.17. The highest BCUT2D eigenvalue weighted by Crippen LogP contribution is 2.41. The van der Waals surface area contributed by atoms with Crippen molar-refractivity contribution in [1.29, 1.82) is 0 Å². The van der Waals surface area contributed by atoms with Crippen LogP contribution in [0.15, 0.2) is 154 Å². The van der Waals surface area contributed by atoms with E-state index in [1.165, 1.54) is 32.6 Å². The van der Waals surface area contributed by atoms with Crippen LogP contribution >= 0.6 is 0 Å². The molecule has 0 saturated carbocycles. The Balaban J connectivity index is 1.16. The molecule has 0 spiro atoms. The molecule has 0 aliphatic rings. The number of nitrogens with zero attached hydrogens (tertiary/aromatic N) is 2. The van der Waals surface area contributed by atoms with E-state index in [2.05, 4.69) is 155 Å². The van der Waals surface area contributed by atoms with Gasteiger partial charge in [-0.05, 0) is 60.7 Å². The summed E-state index contributed by atoms with van der Waals surface area (Å²) in [6.45, 7) is 0. The molecule has 0 saturated heterocycles. The standard InChI is InChI=1S/C42H24N2O2/c1-5-15-34-26(10-1)27-11-2-6-16-35(27)43(34)25-20-21-39-31(22-25)33-24-41-32(23-40(33)45-39)30-14-9-19-38(42(30)46-41)44-36-17-7-3-12-28(36)29-13-4-8-18-37(29)44/h1-24H. The molecule has 0 radical (unpaired) electrons. The Labute approximate surface area is 261 Å². The van der Waals surface area contributed by atoms with Gasteiger partial charge in [-0.1, -0.05) is 84.9 Å². The molecule has 4 nitrogen and oxygen atoms in total. The minimum Gasteiger partial charge on any atom is -0.456 e. The fraction of sp³-hybridized carbons (Fsp3) is 0. The molecule has 0 amide bonds. The van der Waals surface area contributed by atoms with Crippen molar-refractivity contribution in [3.63, 3.8) is 0 Å². The van der Waals surface area contributed by atoms with Gasteiger partial charge in [-0.3, -0.25) is 0 Å². The minimum atomic E-state index is 0.848. The van der Waals surface area contributed by atoms with Crippen LogP contribution in [0.25, 0.3) is 98.9 Å². The molecule has 4 aromatic heterocycles. The van der Waals surface area contributed by atoms with E-state index in [0.29, 0.717) is 0 Å². The molecule has 4 heterocycles. The molecule has 46 heavy (non-hydrogen) atoms. The molecule has 0 aliphatic carbocycles. The van der Waals surface area contributed by atoms with Crippen molar-refractivity contribution < 1.29 is 8.83 Å². The third-order valence-corrected chi connectivity index (χ3v) is 9.71. The fourth-order valence-electron chi connectivity index (χ4n) is 7.74. The lowest BCUT2D eigenvalue weighted by atomic mass is 10.1. The Kier molecular flexibility index (Phi) is 4.55. The number of furan rings is 2. The summed E-state index contributed by atoms with van der Waals surface area (Å²) < 4.78 is 17.9. The van der Waals surface area contributed by atoms with Gasteiger partial charge in [0.2, 0.25) is 0 Å². The molecule has 214 valence electrons. The first kappa shape index (κ1) is 24.1. The molecule has 4 heteroatoms. The van der Waals surface area contributed by atoms with Crippen LogP contribution in [0.5, 0.6) is 0 Å². The van der Waals surface area contributed by atoms with Gasteiger partial charge >= 0.3 is 0 Å². The average Bonchev–Trinajstić information content (AvgIpc) is 3.84. The number of hydrogen-bond donors (Lipinski definition) is 0. The van der Waals surface area contributed by atoms with Gasteiger partial charge < -0.3 is 18.0 Å². The minimum absolute atomic E-state index is 0.848. The van der Waals surface area contributed by atoms with Crippen LogP contribution < -0.4 is 0 Å². The van der Waals surface area contributed by atoms with Crippen molar-refractivity contribution in [2.75, 3.05) is 0 Å². The smallest absolute Gasteiger partial charge is 0.159 e. The molecule has 0 aliphatic heterocycles. The predicted molar refractivity (Wildman–Crippen MR) is 190 cm³/mol. The van der Waals surface area contributed by atoms with Crippen LogP contribution in [0.4, 0.5) is 0 Å². The fourth-order valence-corrected chi connectivity index (χ4v) is 7.74. The number of para-hydroxylation sites is 5. The topological polar surface area (TPSA) is 36.1 Å². The molecule has 0 unspecified atom stereocenters. The van der Waals surface area contributed by atoms with Gasteiger partial charge in [0, 0.05) is 48.8 Å². The van der Waals surface area contributed by atoms with Gasteiger partial charge in [-0.15, -0.1) is 0 Å². The summed E-state index contributed by atoms with van der Waals surface area (Å²) in [5.41, 5.74) is 10.3. The normalized spacial score (nSPS) is 12.3. The Bertz CT molecular complexity index is 2930. The molecule has 11 rings (SSSR count). The molecule has 7 aromatic carbocycles. The van der Waals surface area contributed by atoms with E-state index in [1.807, 2.05) is 0 Å². The van der Waals surface area contributed by atoms with E-state index in [-0.39, 0.29) is 0 Å². The lowest BCUT2D eigenvalue weighted by Crippen LogP contribution is -1.93. The number of rotatable bonds is 2. The van der Waals surface area contributed by atoms with Crippen LogP contribution in [0.1, 0.15) is 0 Å². The van der Waals surface area contributed by atoms with Crippen LogP contribution in [0.3, 0.4) is 0 Å². The molecular weight excluding hydrogens is 564 g/mol. The van der Waals surface area contributed by atoms with Gasteiger partial charge in [-0.25, -0.2) is 0 Å². The van der Waals surface area contributed by atoms with E-state index >= 15 is 0 Å². The summed E-state index contributed by atoms with van der Waals surface area (Å²) in [5, 5.41) is 9.19. The summed E-state index contributed by atoms with van der Waals surface area (Å²) in [7, 11) is 0. The van der Waals surface area contributed by atoms with Crippen molar-refractivity contribution in [3.05, 3.63) is 146 Å². The maximum absolute atomic E-state index is 6.78. The van der Waals surface area contributed by atoms with Crippen LogP contribution in [-0.2, 0) is 0 Å². The highest BCUT2D eigenvalue weighted by atomic mass is 16.3. The van der Waals surface area contributed by atoms with E-state index in [0.717, 1.165) is 66.3 Å². The first-order valence-electron chi connectivity index (χ1n) is 15.6. The predicted octanol–water partition coefficient (Wildman–Crippen LogP) is 11.7. The zero-order chi connectivity index (χ0) is 29.9.